The van der Waals surface area contributed by atoms with Crippen LogP contribution in [0.2, 0.25) is 0 Å². The number of hydrogen-bond donors (Lipinski definition) is 1. The van der Waals surface area contributed by atoms with Crippen LogP contribution in [0, 0.1) is 17.1 Å². The largest absolute Gasteiger partial charge is 0.461 e. The molecule has 2 rings (SSSR count). The molecule has 160 valence electrons. The lowest BCUT2D eigenvalue weighted by atomic mass is 9.80. The first kappa shape index (κ1) is 23.5. The van der Waals surface area contributed by atoms with Gasteiger partial charge in [0.15, 0.2) is 0 Å². The van der Waals surface area contributed by atoms with E-state index in [4.69, 9.17) is 4.74 Å². The lowest BCUT2D eigenvalue weighted by Crippen LogP contribution is -2.30. The molecule has 0 fully saturated rings. The van der Waals surface area contributed by atoms with Gasteiger partial charge in [0.05, 0.1) is 11.6 Å². The van der Waals surface area contributed by atoms with E-state index in [1.165, 1.54) is 12.1 Å². The summed E-state index contributed by atoms with van der Waals surface area (Å²) in [6.45, 7) is 2.61. The molecule has 0 aliphatic rings. The number of esters is 1. The highest BCUT2D eigenvalue weighted by molar-refractivity contribution is 5.69. The topological polar surface area (TPSA) is 73.6 Å². The molecule has 0 unspecified atom stereocenters. The number of rotatable bonds is 10. The maximum atomic E-state index is 13.5. The fourth-order valence-electron chi connectivity index (χ4n) is 3.43. The Morgan fingerprint density at radius 2 is 1.93 bits per heavy atom. The number of halogens is 1. The van der Waals surface area contributed by atoms with Crippen LogP contribution in [-0.2, 0) is 21.7 Å². The van der Waals surface area contributed by atoms with E-state index in [2.05, 4.69) is 6.07 Å². The van der Waals surface area contributed by atoms with Gasteiger partial charge in [-0.15, -0.1) is 0 Å². The lowest BCUT2D eigenvalue weighted by molar-refractivity contribution is -0.145. The molecule has 2 aromatic rings. The SMILES string of the molecule is CCCC(=O)OCc1cc(C#N)ccc1[C@@](O)(CCCN(C)C)c1ccc(F)cc1. The predicted octanol–water partition coefficient (Wildman–Crippen LogP) is 4.12. The standard InChI is InChI=1S/C24H29FN2O3/c1-4-6-23(28)30-17-19-15-18(16-26)7-12-22(19)24(29,13-5-14-27(2)3)20-8-10-21(25)11-9-20/h7-12,15,29H,4-6,13-14,17H2,1-3H3/t24-/m1/s1. The zero-order chi connectivity index (χ0) is 22.1. The Morgan fingerprint density at radius 3 is 2.53 bits per heavy atom. The number of aliphatic hydroxyl groups is 1. The summed E-state index contributed by atoms with van der Waals surface area (Å²) in [5.74, 6) is -0.716. The van der Waals surface area contributed by atoms with Crippen molar-refractivity contribution in [2.24, 2.45) is 0 Å². The number of ether oxygens (including phenoxy) is 1. The third-order valence-electron chi connectivity index (χ3n) is 4.99. The number of carbonyl (C=O) groups excluding carboxylic acids is 1. The lowest BCUT2D eigenvalue weighted by Gasteiger charge is -2.32. The molecule has 0 spiro atoms. The quantitative estimate of drug-likeness (QED) is 0.594. The van der Waals surface area contributed by atoms with Gasteiger partial charge in [0, 0.05) is 6.42 Å². The van der Waals surface area contributed by atoms with Crippen molar-refractivity contribution >= 4 is 5.97 Å². The molecule has 1 N–H and O–H groups in total. The highest BCUT2D eigenvalue weighted by Crippen LogP contribution is 2.37. The molecule has 6 heteroatoms. The molecule has 0 saturated carbocycles. The van der Waals surface area contributed by atoms with Gasteiger partial charge < -0.3 is 14.7 Å². The second-order valence-corrected chi connectivity index (χ2v) is 7.67. The monoisotopic (exact) mass is 412 g/mol. The van der Waals surface area contributed by atoms with Gasteiger partial charge in [-0.2, -0.15) is 5.26 Å². The zero-order valence-corrected chi connectivity index (χ0v) is 17.8. The van der Waals surface area contributed by atoms with E-state index in [9.17, 15) is 19.6 Å². The molecular formula is C24H29FN2O3. The van der Waals surface area contributed by atoms with Crippen LogP contribution in [0.5, 0.6) is 0 Å². The number of nitriles is 1. The van der Waals surface area contributed by atoms with Crippen molar-refractivity contribution in [3.05, 3.63) is 70.5 Å². The Morgan fingerprint density at radius 1 is 1.23 bits per heavy atom. The van der Waals surface area contributed by atoms with Gasteiger partial charge in [0.1, 0.15) is 18.0 Å². The molecule has 30 heavy (non-hydrogen) atoms. The van der Waals surface area contributed by atoms with Crippen molar-refractivity contribution in [1.82, 2.24) is 4.90 Å². The van der Waals surface area contributed by atoms with Crippen LogP contribution in [0.3, 0.4) is 0 Å². The molecular weight excluding hydrogens is 383 g/mol. The summed E-state index contributed by atoms with van der Waals surface area (Å²) in [4.78, 5) is 13.9. The summed E-state index contributed by atoms with van der Waals surface area (Å²) in [6.07, 6.45) is 2.06. The van der Waals surface area contributed by atoms with Crippen molar-refractivity contribution < 1.29 is 19.0 Å². The maximum Gasteiger partial charge on any atom is 0.306 e. The van der Waals surface area contributed by atoms with Crippen LogP contribution in [0.1, 0.15) is 54.9 Å². The van der Waals surface area contributed by atoms with Gasteiger partial charge >= 0.3 is 5.97 Å². The highest BCUT2D eigenvalue weighted by Gasteiger charge is 2.33. The van der Waals surface area contributed by atoms with Crippen molar-refractivity contribution in [3.63, 3.8) is 0 Å². The normalized spacial score (nSPS) is 13.0. The second-order valence-electron chi connectivity index (χ2n) is 7.67. The van der Waals surface area contributed by atoms with E-state index in [0.29, 0.717) is 47.9 Å². The number of nitrogens with zero attached hydrogens (tertiary/aromatic N) is 2. The highest BCUT2D eigenvalue weighted by atomic mass is 19.1. The van der Waals surface area contributed by atoms with Crippen molar-refractivity contribution in [1.29, 1.82) is 5.26 Å². The third kappa shape index (κ3) is 6.12. The van der Waals surface area contributed by atoms with Gasteiger partial charge in [0.25, 0.3) is 0 Å². The molecule has 0 aliphatic heterocycles. The first-order valence-corrected chi connectivity index (χ1v) is 10.1. The second kappa shape index (κ2) is 10.9. The molecule has 0 aliphatic carbocycles. The van der Waals surface area contributed by atoms with Crippen LogP contribution >= 0.6 is 0 Å². The summed E-state index contributed by atoms with van der Waals surface area (Å²) < 4.78 is 18.9. The average molecular weight is 413 g/mol. The summed E-state index contributed by atoms with van der Waals surface area (Å²) in [6, 6.07) is 12.8. The van der Waals surface area contributed by atoms with E-state index in [0.717, 1.165) is 6.54 Å². The molecule has 0 amide bonds. The van der Waals surface area contributed by atoms with E-state index in [1.54, 1.807) is 30.3 Å². The molecule has 0 aromatic heterocycles. The zero-order valence-electron chi connectivity index (χ0n) is 17.8. The smallest absolute Gasteiger partial charge is 0.306 e. The third-order valence-corrected chi connectivity index (χ3v) is 4.99. The summed E-state index contributed by atoms with van der Waals surface area (Å²) in [5, 5.41) is 21.1. The molecule has 0 radical (unpaired) electrons. The molecule has 0 bridgehead atoms. The van der Waals surface area contributed by atoms with Crippen LogP contribution < -0.4 is 0 Å². The predicted molar refractivity (Wildman–Crippen MR) is 113 cm³/mol. The number of hydrogen-bond acceptors (Lipinski definition) is 5. The fourth-order valence-corrected chi connectivity index (χ4v) is 3.43. The Hall–Kier alpha value is -2.75. The Labute approximate surface area is 177 Å². The number of carbonyl (C=O) groups is 1. The van der Waals surface area contributed by atoms with E-state index >= 15 is 0 Å². The Kier molecular flexibility index (Phi) is 8.52. The number of benzene rings is 2. The summed E-state index contributed by atoms with van der Waals surface area (Å²) >= 11 is 0. The first-order valence-electron chi connectivity index (χ1n) is 10.1. The minimum Gasteiger partial charge on any atom is -0.461 e. The average Bonchev–Trinajstić information content (AvgIpc) is 2.72. The van der Waals surface area contributed by atoms with E-state index in [-0.39, 0.29) is 18.4 Å². The Bertz CT molecular complexity index is 890. The van der Waals surface area contributed by atoms with Crippen molar-refractivity contribution in [2.45, 2.75) is 44.8 Å². The minimum atomic E-state index is -1.41. The van der Waals surface area contributed by atoms with Crippen LogP contribution in [0.25, 0.3) is 0 Å². The first-order chi connectivity index (χ1) is 14.3. The van der Waals surface area contributed by atoms with Crippen LogP contribution in [-0.4, -0.2) is 36.6 Å². The van der Waals surface area contributed by atoms with Gasteiger partial charge in [-0.1, -0.05) is 25.1 Å². The van der Waals surface area contributed by atoms with Gasteiger partial charge in [-0.3, -0.25) is 4.79 Å². The molecule has 5 nitrogen and oxygen atoms in total. The molecule has 0 heterocycles. The Balaban J connectivity index is 2.48. The molecule has 0 saturated heterocycles. The summed E-state index contributed by atoms with van der Waals surface area (Å²) in [5.41, 5.74) is 0.666. The van der Waals surface area contributed by atoms with Crippen molar-refractivity contribution in [2.75, 3.05) is 20.6 Å². The van der Waals surface area contributed by atoms with Crippen LogP contribution in [0.4, 0.5) is 4.39 Å². The van der Waals surface area contributed by atoms with Gasteiger partial charge in [-0.05, 0) is 80.9 Å². The van der Waals surface area contributed by atoms with Crippen molar-refractivity contribution in [3.8, 4) is 6.07 Å². The summed E-state index contributed by atoms with van der Waals surface area (Å²) in [7, 11) is 3.91. The van der Waals surface area contributed by atoms with Gasteiger partial charge in [-0.25, -0.2) is 4.39 Å². The van der Waals surface area contributed by atoms with Crippen LogP contribution in [0.15, 0.2) is 42.5 Å². The van der Waals surface area contributed by atoms with Gasteiger partial charge in [0.2, 0.25) is 0 Å². The minimum absolute atomic E-state index is 0.0408. The van der Waals surface area contributed by atoms with E-state index < -0.39 is 5.60 Å². The molecule has 2 aromatic carbocycles. The fraction of sp³-hybridized carbons (Fsp3) is 0.417. The van der Waals surface area contributed by atoms with E-state index in [1.807, 2.05) is 25.9 Å². The molecule has 1 atom stereocenters. The maximum absolute atomic E-state index is 13.5.